The smallest absolute Gasteiger partial charge is 0.191 e. The maximum absolute atomic E-state index is 6.12. The molecule has 98 valence electrons. The lowest BCUT2D eigenvalue weighted by Crippen LogP contribution is -2.38. The van der Waals surface area contributed by atoms with Crippen molar-refractivity contribution in [1.82, 2.24) is 4.90 Å². The number of guanidine groups is 1. The fraction of sp³-hybridized carbons (Fsp3) is 0.929. The van der Waals surface area contributed by atoms with E-state index in [4.69, 9.17) is 5.73 Å². The summed E-state index contributed by atoms with van der Waals surface area (Å²) < 4.78 is 0. The molecule has 0 aromatic carbocycles. The summed E-state index contributed by atoms with van der Waals surface area (Å²) >= 11 is 0. The van der Waals surface area contributed by atoms with Gasteiger partial charge in [0.25, 0.3) is 0 Å². The van der Waals surface area contributed by atoms with Gasteiger partial charge in [0.2, 0.25) is 0 Å². The molecule has 2 N–H and O–H groups in total. The Morgan fingerprint density at radius 2 is 1.82 bits per heavy atom. The van der Waals surface area contributed by atoms with E-state index in [1.54, 1.807) is 0 Å². The first kappa shape index (κ1) is 12.7. The van der Waals surface area contributed by atoms with E-state index in [1.165, 1.54) is 51.4 Å². The number of hydrogen-bond donors (Lipinski definition) is 1. The van der Waals surface area contributed by atoms with Crippen LogP contribution >= 0.6 is 0 Å². The summed E-state index contributed by atoms with van der Waals surface area (Å²) in [5, 5.41) is 0. The van der Waals surface area contributed by atoms with Crippen LogP contribution in [0.5, 0.6) is 0 Å². The lowest BCUT2D eigenvalue weighted by atomic mass is 10.0. The van der Waals surface area contributed by atoms with Crippen molar-refractivity contribution in [3.05, 3.63) is 0 Å². The maximum atomic E-state index is 6.12. The molecule has 0 aromatic heterocycles. The van der Waals surface area contributed by atoms with Crippen LogP contribution in [0.4, 0.5) is 0 Å². The number of aliphatic imine (C=N–C) groups is 1. The Morgan fingerprint density at radius 3 is 2.35 bits per heavy atom. The van der Waals surface area contributed by atoms with Crippen LogP contribution < -0.4 is 5.73 Å². The number of nitrogens with zero attached hydrogens (tertiary/aromatic N) is 2. The molecule has 1 heterocycles. The Morgan fingerprint density at radius 1 is 1.18 bits per heavy atom. The minimum Gasteiger partial charge on any atom is -0.370 e. The van der Waals surface area contributed by atoms with E-state index in [0.29, 0.717) is 5.41 Å². The van der Waals surface area contributed by atoms with Gasteiger partial charge >= 0.3 is 0 Å². The van der Waals surface area contributed by atoms with Gasteiger partial charge in [-0.15, -0.1) is 0 Å². The monoisotopic (exact) mass is 237 g/mol. The Hall–Kier alpha value is -0.730. The van der Waals surface area contributed by atoms with Crippen molar-refractivity contribution in [2.45, 2.75) is 58.3 Å². The molecule has 0 spiro atoms. The van der Waals surface area contributed by atoms with Crippen molar-refractivity contribution in [1.29, 1.82) is 0 Å². The lowest BCUT2D eigenvalue weighted by molar-refractivity contribution is 0.419. The molecule has 2 fully saturated rings. The average molecular weight is 237 g/mol. The molecule has 1 saturated heterocycles. The van der Waals surface area contributed by atoms with Crippen molar-refractivity contribution < 1.29 is 0 Å². The van der Waals surface area contributed by atoms with E-state index in [0.717, 1.165) is 25.6 Å². The van der Waals surface area contributed by atoms with Crippen LogP contribution in [0.1, 0.15) is 58.3 Å². The minimum atomic E-state index is 0.533. The van der Waals surface area contributed by atoms with Crippen LogP contribution in [-0.4, -0.2) is 30.5 Å². The second-order valence-corrected chi connectivity index (χ2v) is 5.83. The van der Waals surface area contributed by atoms with Crippen LogP contribution in [0, 0.1) is 5.41 Å². The van der Waals surface area contributed by atoms with Crippen LogP contribution in [-0.2, 0) is 0 Å². The minimum absolute atomic E-state index is 0.533. The molecular formula is C14H27N3. The van der Waals surface area contributed by atoms with Gasteiger partial charge in [0, 0.05) is 19.6 Å². The fourth-order valence-electron chi connectivity index (χ4n) is 2.84. The first-order valence-electron chi connectivity index (χ1n) is 7.31. The molecule has 0 atom stereocenters. The molecule has 3 nitrogen and oxygen atoms in total. The molecule has 1 saturated carbocycles. The predicted octanol–water partition coefficient (Wildman–Crippen LogP) is 2.76. The van der Waals surface area contributed by atoms with Crippen molar-refractivity contribution in [3.8, 4) is 0 Å². The summed E-state index contributed by atoms with van der Waals surface area (Å²) in [4.78, 5) is 6.95. The van der Waals surface area contributed by atoms with E-state index in [2.05, 4.69) is 16.8 Å². The van der Waals surface area contributed by atoms with Crippen molar-refractivity contribution >= 4 is 5.96 Å². The standard InChI is InChI=1S/C14H27N3/c1-2-7-14(8-9-14)12-16-13(15)17-10-5-3-4-6-11-17/h2-12H2,1H3,(H2,15,16). The molecule has 1 aliphatic heterocycles. The highest BCUT2D eigenvalue weighted by atomic mass is 15.2. The summed E-state index contributed by atoms with van der Waals surface area (Å²) in [6, 6.07) is 0. The molecule has 2 aliphatic rings. The van der Waals surface area contributed by atoms with Gasteiger partial charge in [0.05, 0.1) is 0 Å². The molecule has 0 amide bonds. The zero-order valence-corrected chi connectivity index (χ0v) is 11.2. The zero-order valence-electron chi connectivity index (χ0n) is 11.2. The fourth-order valence-corrected chi connectivity index (χ4v) is 2.84. The second kappa shape index (κ2) is 5.74. The van der Waals surface area contributed by atoms with E-state index < -0.39 is 0 Å². The number of rotatable bonds is 4. The van der Waals surface area contributed by atoms with Crippen molar-refractivity contribution in [3.63, 3.8) is 0 Å². The van der Waals surface area contributed by atoms with Gasteiger partial charge in [-0.25, -0.2) is 0 Å². The van der Waals surface area contributed by atoms with Crippen molar-refractivity contribution in [2.75, 3.05) is 19.6 Å². The molecular weight excluding hydrogens is 210 g/mol. The topological polar surface area (TPSA) is 41.6 Å². The van der Waals surface area contributed by atoms with E-state index in [1.807, 2.05) is 0 Å². The number of nitrogens with two attached hydrogens (primary N) is 1. The second-order valence-electron chi connectivity index (χ2n) is 5.83. The molecule has 2 rings (SSSR count). The normalized spacial score (nSPS) is 24.5. The maximum Gasteiger partial charge on any atom is 0.191 e. The highest BCUT2D eigenvalue weighted by Crippen LogP contribution is 2.49. The van der Waals surface area contributed by atoms with Crippen LogP contribution in [0.25, 0.3) is 0 Å². The van der Waals surface area contributed by atoms with Gasteiger partial charge in [-0.2, -0.15) is 0 Å². The quantitative estimate of drug-likeness (QED) is 0.603. The molecule has 0 bridgehead atoms. The van der Waals surface area contributed by atoms with Gasteiger partial charge in [-0.1, -0.05) is 26.2 Å². The largest absolute Gasteiger partial charge is 0.370 e. The molecule has 17 heavy (non-hydrogen) atoms. The van der Waals surface area contributed by atoms with Crippen LogP contribution in [0.2, 0.25) is 0 Å². The molecule has 0 aromatic rings. The Labute approximate surface area is 105 Å². The molecule has 1 aliphatic carbocycles. The third kappa shape index (κ3) is 3.62. The Bertz CT molecular complexity index is 261. The molecule has 3 heteroatoms. The van der Waals surface area contributed by atoms with Crippen LogP contribution in [0.3, 0.4) is 0 Å². The zero-order chi connectivity index (χ0) is 12.1. The average Bonchev–Trinajstić information content (AvgIpc) is 3.10. The number of hydrogen-bond acceptors (Lipinski definition) is 1. The van der Waals surface area contributed by atoms with Gasteiger partial charge in [-0.05, 0) is 37.5 Å². The predicted molar refractivity (Wildman–Crippen MR) is 73.1 cm³/mol. The Balaban J connectivity index is 1.83. The van der Waals surface area contributed by atoms with Crippen molar-refractivity contribution in [2.24, 2.45) is 16.1 Å². The van der Waals surface area contributed by atoms with Gasteiger partial charge in [0.15, 0.2) is 5.96 Å². The lowest BCUT2D eigenvalue weighted by Gasteiger charge is -2.22. The highest BCUT2D eigenvalue weighted by Gasteiger charge is 2.41. The summed E-state index contributed by atoms with van der Waals surface area (Å²) in [5.41, 5.74) is 6.66. The van der Waals surface area contributed by atoms with E-state index >= 15 is 0 Å². The summed E-state index contributed by atoms with van der Waals surface area (Å²) in [6.07, 6.45) is 10.6. The summed E-state index contributed by atoms with van der Waals surface area (Å²) in [5.74, 6) is 0.800. The van der Waals surface area contributed by atoms with Gasteiger partial charge < -0.3 is 10.6 Å². The van der Waals surface area contributed by atoms with Crippen LogP contribution in [0.15, 0.2) is 4.99 Å². The number of likely N-dealkylation sites (tertiary alicyclic amines) is 1. The first-order valence-corrected chi connectivity index (χ1v) is 7.31. The molecule has 0 radical (unpaired) electrons. The SMILES string of the molecule is CCCC1(CN=C(N)N2CCCCCC2)CC1. The van der Waals surface area contributed by atoms with E-state index in [-0.39, 0.29) is 0 Å². The van der Waals surface area contributed by atoms with Gasteiger partial charge in [0.1, 0.15) is 0 Å². The summed E-state index contributed by atoms with van der Waals surface area (Å²) in [7, 11) is 0. The summed E-state index contributed by atoms with van der Waals surface area (Å²) in [6.45, 7) is 5.44. The third-order valence-corrected chi connectivity index (χ3v) is 4.24. The highest BCUT2D eigenvalue weighted by molar-refractivity contribution is 5.78. The van der Waals surface area contributed by atoms with E-state index in [9.17, 15) is 0 Å². The van der Waals surface area contributed by atoms with Gasteiger partial charge in [-0.3, -0.25) is 4.99 Å². The molecule has 0 unspecified atom stereocenters. The third-order valence-electron chi connectivity index (χ3n) is 4.24. The Kier molecular flexibility index (Phi) is 4.30. The first-order chi connectivity index (χ1) is 8.26.